The average Bonchev–Trinajstić information content (AvgIpc) is 3.08. The molecule has 3 rings (SSSR count). The first-order valence-corrected chi connectivity index (χ1v) is 10.7. The van der Waals surface area contributed by atoms with Crippen LogP contribution in [0.15, 0.2) is 28.6 Å². The highest BCUT2D eigenvalue weighted by atomic mass is 32.2. The van der Waals surface area contributed by atoms with Gasteiger partial charge in [0.2, 0.25) is 0 Å². The van der Waals surface area contributed by atoms with Crippen LogP contribution in [0.4, 0.5) is 0 Å². The van der Waals surface area contributed by atoms with Crippen LogP contribution < -0.4 is 10.9 Å². The van der Waals surface area contributed by atoms with E-state index in [1.165, 1.54) is 37.9 Å². The molecule has 0 saturated carbocycles. The summed E-state index contributed by atoms with van der Waals surface area (Å²) < 4.78 is 6.96. The predicted molar refractivity (Wildman–Crippen MR) is 106 cm³/mol. The van der Waals surface area contributed by atoms with Crippen LogP contribution in [0.1, 0.15) is 36.3 Å². The molecular weight excluding hydrogens is 352 g/mol. The van der Waals surface area contributed by atoms with Crippen molar-refractivity contribution in [2.45, 2.75) is 43.0 Å². The molecule has 7 heteroatoms. The third kappa shape index (κ3) is 6.58. The van der Waals surface area contributed by atoms with Gasteiger partial charge in [0.1, 0.15) is 10.8 Å². The zero-order valence-corrected chi connectivity index (χ0v) is 16.6. The van der Waals surface area contributed by atoms with Crippen LogP contribution in [0.25, 0.3) is 0 Å². The third-order valence-electron chi connectivity index (χ3n) is 4.18. The molecular formula is C18H28N4OS2. The number of ether oxygens (including phenoxy) is 1. The number of aromatic nitrogens is 2. The fraction of sp³-hybridized carbons (Fsp3) is 0.556. The molecule has 1 fully saturated rings. The molecule has 1 aromatic carbocycles. The highest BCUT2D eigenvalue weighted by Gasteiger charge is 2.10. The van der Waals surface area contributed by atoms with E-state index in [0.717, 1.165) is 41.1 Å². The summed E-state index contributed by atoms with van der Waals surface area (Å²) in [6, 6.07) is 8.54. The molecule has 2 heterocycles. The highest BCUT2D eigenvalue weighted by Crippen LogP contribution is 2.21. The molecule has 0 amide bonds. The second kappa shape index (κ2) is 10.8. The number of benzene rings is 1. The van der Waals surface area contributed by atoms with Gasteiger partial charge >= 0.3 is 0 Å². The molecule has 3 N–H and O–H groups in total. The largest absolute Gasteiger partial charge is 0.494 e. The fourth-order valence-electron chi connectivity index (χ4n) is 2.94. The maximum Gasteiger partial charge on any atom is 0.174 e. The number of nitrogens with zero attached hydrogens (tertiary/aromatic N) is 3. The lowest BCUT2D eigenvalue weighted by molar-refractivity contribution is 0.220. The number of thioether (sulfide) groups is 1. The summed E-state index contributed by atoms with van der Waals surface area (Å²) in [7, 11) is 0. The van der Waals surface area contributed by atoms with Gasteiger partial charge in [0.05, 0.1) is 6.61 Å². The van der Waals surface area contributed by atoms with Crippen LogP contribution in [0.2, 0.25) is 0 Å². The Hall–Kier alpha value is -1.15. The van der Waals surface area contributed by atoms with Crippen LogP contribution in [-0.4, -0.2) is 41.0 Å². The van der Waals surface area contributed by atoms with Gasteiger partial charge in [0.25, 0.3) is 0 Å². The molecule has 1 aliphatic heterocycles. The Kier molecular flexibility index (Phi) is 8.67. The van der Waals surface area contributed by atoms with Crippen molar-refractivity contribution in [3.63, 3.8) is 0 Å². The minimum Gasteiger partial charge on any atom is -0.494 e. The van der Waals surface area contributed by atoms with Gasteiger partial charge in [-0.3, -0.25) is 4.90 Å². The first kappa shape index (κ1) is 20.2. The second-order valence-electron chi connectivity index (χ2n) is 6.10. The summed E-state index contributed by atoms with van der Waals surface area (Å²) in [6.07, 6.45) is 7.99. The lowest BCUT2D eigenvalue weighted by Gasteiger charge is -2.26. The molecule has 0 aliphatic carbocycles. The average molecular weight is 381 g/mol. The molecule has 2 aromatic rings. The predicted octanol–water partition coefficient (Wildman–Crippen LogP) is 4.42. The van der Waals surface area contributed by atoms with Gasteiger partial charge in [0, 0.05) is 13.0 Å². The first-order valence-electron chi connectivity index (χ1n) is 8.64. The van der Waals surface area contributed by atoms with Crippen LogP contribution in [-0.2, 0) is 13.0 Å². The van der Waals surface area contributed by atoms with E-state index in [2.05, 4.69) is 39.4 Å². The number of hydrogen-bond acceptors (Lipinski definition) is 7. The summed E-state index contributed by atoms with van der Waals surface area (Å²) in [6.45, 7) is 4.22. The van der Waals surface area contributed by atoms with Crippen molar-refractivity contribution in [3.05, 3.63) is 34.8 Å². The van der Waals surface area contributed by atoms with Gasteiger partial charge in [-0.15, -0.1) is 10.2 Å². The van der Waals surface area contributed by atoms with Crippen LogP contribution in [0.5, 0.6) is 5.75 Å². The number of hydrogen-bond donors (Lipinski definition) is 1. The van der Waals surface area contributed by atoms with Crippen molar-refractivity contribution < 1.29 is 4.74 Å². The maximum absolute atomic E-state index is 5.92. The van der Waals surface area contributed by atoms with Gasteiger partial charge in [-0.05, 0) is 56.3 Å². The molecule has 25 heavy (non-hydrogen) atoms. The highest BCUT2D eigenvalue weighted by molar-refractivity contribution is 8.00. The first-order chi connectivity index (χ1) is 11.8. The normalized spacial score (nSPS) is 14.9. The molecule has 138 valence electrons. The minimum absolute atomic E-state index is 0. The van der Waals surface area contributed by atoms with Crippen molar-refractivity contribution in [1.29, 1.82) is 0 Å². The lowest BCUT2D eigenvalue weighted by Crippen LogP contribution is -2.29. The number of aryl methyl sites for hydroxylation is 1. The molecule has 1 aliphatic rings. The summed E-state index contributed by atoms with van der Waals surface area (Å²) in [5.74, 6) is 0.978. The van der Waals surface area contributed by atoms with Crippen molar-refractivity contribution >= 4 is 23.1 Å². The summed E-state index contributed by atoms with van der Waals surface area (Å²) >= 11 is 3.33. The summed E-state index contributed by atoms with van der Waals surface area (Å²) in [4.78, 5) is 2.54. The van der Waals surface area contributed by atoms with Gasteiger partial charge in [-0.25, -0.2) is 0 Å². The minimum atomic E-state index is 0. The Balaban J connectivity index is 0.00000225. The van der Waals surface area contributed by atoms with Gasteiger partial charge in [0.15, 0.2) is 4.34 Å². The van der Waals surface area contributed by atoms with Gasteiger partial charge < -0.3 is 10.9 Å². The van der Waals surface area contributed by atoms with Gasteiger partial charge in [-0.1, -0.05) is 41.7 Å². The Bertz CT molecular complexity index is 629. The Morgan fingerprint density at radius 1 is 1.20 bits per heavy atom. The quantitative estimate of drug-likeness (QED) is 0.540. The van der Waals surface area contributed by atoms with E-state index in [1.54, 1.807) is 23.1 Å². The molecule has 5 nitrogen and oxygen atoms in total. The molecule has 0 radical (unpaired) electrons. The van der Waals surface area contributed by atoms with E-state index in [0.29, 0.717) is 0 Å². The van der Waals surface area contributed by atoms with Crippen molar-refractivity contribution in [2.75, 3.05) is 26.0 Å². The zero-order valence-electron chi connectivity index (χ0n) is 14.9. The van der Waals surface area contributed by atoms with Gasteiger partial charge in [-0.2, -0.15) is 0 Å². The second-order valence-corrected chi connectivity index (χ2v) is 8.22. The van der Waals surface area contributed by atoms with Crippen molar-refractivity contribution in [2.24, 2.45) is 0 Å². The monoisotopic (exact) mass is 380 g/mol. The van der Waals surface area contributed by atoms with Crippen molar-refractivity contribution in [3.8, 4) is 5.75 Å². The zero-order chi connectivity index (χ0) is 16.6. The number of likely N-dealkylation sites (tertiary alicyclic amines) is 1. The summed E-state index contributed by atoms with van der Waals surface area (Å²) in [5.41, 5.74) is 1.35. The number of rotatable bonds is 8. The Morgan fingerprint density at radius 2 is 2.04 bits per heavy atom. The van der Waals surface area contributed by atoms with Crippen LogP contribution >= 0.6 is 23.1 Å². The number of piperidine rings is 1. The third-order valence-corrected chi connectivity index (χ3v) is 6.14. The lowest BCUT2D eigenvalue weighted by atomic mass is 10.1. The molecule has 0 spiro atoms. The topological polar surface area (TPSA) is 73.2 Å². The van der Waals surface area contributed by atoms with E-state index in [-0.39, 0.29) is 6.15 Å². The van der Waals surface area contributed by atoms with Crippen molar-refractivity contribution in [1.82, 2.24) is 21.2 Å². The van der Waals surface area contributed by atoms with Crippen LogP contribution in [0, 0.1) is 0 Å². The molecule has 1 aromatic heterocycles. The van der Waals surface area contributed by atoms with E-state index in [9.17, 15) is 0 Å². The summed E-state index contributed by atoms with van der Waals surface area (Å²) in [5, 5.41) is 9.42. The standard InChI is InChI=1S/C18H25N3OS2.H3N/c1-23-18-20-19-17(24-18)9-6-12-22-16-8-5-7-15(13-16)14-21-10-3-2-4-11-21;/h5,7-8,13H,2-4,6,9-12,14H2,1H3;1H3. The molecule has 0 unspecified atom stereocenters. The van der Waals surface area contributed by atoms with E-state index in [1.807, 2.05) is 6.26 Å². The molecule has 0 atom stereocenters. The Morgan fingerprint density at radius 3 is 2.80 bits per heavy atom. The van der Waals surface area contributed by atoms with E-state index >= 15 is 0 Å². The molecule has 1 saturated heterocycles. The Labute approximate surface area is 158 Å². The molecule has 0 bridgehead atoms. The maximum atomic E-state index is 5.92. The van der Waals surface area contributed by atoms with E-state index < -0.39 is 0 Å². The van der Waals surface area contributed by atoms with E-state index in [4.69, 9.17) is 4.74 Å². The van der Waals surface area contributed by atoms with Crippen LogP contribution in [0.3, 0.4) is 0 Å². The fourth-order valence-corrected chi connectivity index (χ4v) is 4.30. The smallest absolute Gasteiger partial charge is 0.174 e. The SMILES string of the molecule is CSc1nnc(CCCOc2cccc(CN3CCCCC3)c2)s1.N.